The molecule has 7 heteroatoms. The van der Waals surface area contributed by atoms with Crippen LogP contribution < -0.4 is 5.56 Å². The normalized spacial score (nSPS) is 14.2. The molecule has 6 nitrogen and oxygen atoms in total. The molecule has 0 saturated carbocycles. The smallest absolute Gasteiger partial charge is 0.339 e. The highest BCUT2D eigenvalue weighted by molar-refractivity contribution is 9.10. The number of methoxy groups -OCH3 is 1. The van der Waals surface area contributed by atoms with E-state index in [1.165, 1.54) is 26.6 Å². The van der Waals surface area contributed by atoms with Gasteiger partial charge >= 0.3 is 5.97 Å². The van der Waals surface area contributed by atoms with Crippen molar-refractivity contribution in [2.45, 2.75) is 19.1 Å². The highest BCUT2D eigenvalue weighted by atomic mass is 79.9. The molecule has 0 aliphatic heterocycles. The van der Waals surface area contributed by atoms with E-state index >= 15 is 0 Å². The first-order valence-electron chi connectivity index (χ1n) is 4.39. The summed E-state index contributed by atoms with van der Waals surface area (Å²) in [6.07, 6.45) is 2.58. The number of hydrogen-bond acceptors (Lipinski definition) is 5. The second-order valence-electron chi connectivity index (χ2n) is 3.44. The fourth-order valence-electron chi connectivity index (χ4n) is 1.15. The molecular weight excluding hydrogens is 280 g/mol. The summed E-state index contributed by atoms with van der Waals surface area (Å²) >= 11 is 3.01. The summed E-state index contributed by atoms with van der Waals surface area (Å²) < 4.78 is 5.81. The van der Waals surface area contributed by atoms with Crippen molar-refractivity contribution in [3.8, 4) is 0 Å². The van der Waals surface area contributed by atoms with Crippen molar-refractivity contribution in [3.05, 3.63) is 27.4 Å². The van der Waals surface area contributed by atoms with E-state index in [9.17, 15) is 14.7 Å². The topological polar surface area (TPSA) is 81.4 Å². The molecule has 0 saturated heterocycles. The monoisotopic (exact) mass is 290 g/mol. The van der Waals surface area contributed by atoms with Crippen LogP contribution in [0.2, 0.25) is 0 Å². The van der Waals surface area contributed by atoms with Gasteiger partial charge in [0.25, 0.3) is 5.56 Å². The molecular formula is C9H11BrN2O4. The molecule has 1 unspecified atom stereocenters. The van der Waals surface area contributed by atoms with Crippen LogP contribution in [0.4, 0.5) is 0 Å². The number of hydrogen-bond donors (Lipinski definition) is 1. The molecule has 88 valence electrons. The molecule has 0 fully saturated rings. The second-order valence-corrected chi connectivity index (χ2v) is 4.29. The molecule has 1 heterocycles. The van der Waals surface area contributed by atoms with Crippen molar-refractivity contribution in [1.82, 2.24) is 9.55 Å². The lowest BCUT2D eigenvalue weighted by Crippen LogP contribution is -2.43. The molecule has 0 aliphatic carbocycles. The van der Waals surface area contributed by atoms with E-state index in [2.05, 4.69) is 25.7 Å². The van der Waals surface area contributed by atoms with Crippen LogP contribution in [0.25, 0.3) is 0 Å². The predicted molar refractivity (Wildman–Crippen MR) is 58.8 cm³/mol. The van der Waals surface area contributed by atoms with Gasteiger partial charge in [0.2, 0.25) is 0 Å². The number of carbonyl (C=O) groups is 1. The third-order valence-corrected chi connectivity index (χ3v) is 2.51. The maximum Gasteiger partial charge on any atom is 0.339 e. The Morgan fingerprint density at radius 1 is 1.75 bits per heavy atom. The molecule has 0 aromatic carbocycles. The quantitative estimate of drug-likeness (QED) is 0.788. The van der Waals surface area contributed by atoms with Crippen LogP contribution in [-0.4, -0.2) is 33.3 Å². The fraction of sp³-hybridized carbons (Fsp3) is 0.444. The number of ether oxygens (including phenoxy) is 1. The van der Waals surface area contributed by atoms with Crippen LogP contribution in [0.15, 0.2) is 21.8 Å². The Morgan fingerprint density at radius 2 is 2.38 bits per heavy atom. The molecule has 1 N–H and O–H groups in total. The number of halogens is 1. The zero-order chi connectivity index (χ0) is 12.3. The Bertz CT molecular complexity index is 455. The SMILES string of the molecule is COC(=O)C(C)(O)Cn1cncc(Br)c1=O. The first-order chi connectivity index (χ1) is 7.38. The van der Waals surface area contributed by atoms with E-state index in [0.29, 0.717) is 0 Å². The maximum absolute atomic E-state index is 11.6. The number of nitrogens with zero attached hydrogens (tertiary/aromatic N) is 2. The molecule has 0 radical (unpaired) electrons. The van der Waals surface area contributed by atoms with Crippen LogP contribution in [0.1, 0.15) is 6.92 Å². The first-order valence-corrected chi connectivity index (χ1v) is 5.18. The molecule has 1 atom stereocenters. The number of carbonyl (C=O) groups excluding carboxylic acids is 1. The third-order valence-electron chi connectivity index (χ3n) is 1.96. The Kier molecular flexibility index (Phi) is 3.82. The van der Waals surface area contributed by atoms with Gasteiger partial charge in [0.1, 0.15) is 4.47 Å². The van der Waals surface area contributed by atoms with Gasteiger partial charge in [-0.2, -0.15) is 0 Å². The van der Waals surface area contributed by atoms with Gasteiger partial charge < -0.3 is 9.84 Å². The zero-order valence-corrected chi connectivity index (χ0v) is 10.4. The van der Waals surface area contributed by atoms with Crippen LogP contribution >= 0.6 is 15.9 Å². The molecule has 0 amide bonds. The summed E-state index contributed by atoms with van der Waals surface area (Å²) in [5.74, 6) is -0.806. The minimum atomic E-state index is -1.76. The van der Waals surface area contributed by atoms with Crippen molar-refractivity contribution >= 4 is 21.9 Å². The van der Waals surface area contributed by atoms with E-state index in [-0.39, 0.29) is 16.6 Å². The average Bonchev–Trinajstić information content (AvgIpc) is 2.23. The van der Waals surface area contributed by atoms with Gasteiger partial charge in [-0.1, -0.05) is 0 Å². The number of aromatic nitrogens is 2. The minimum Gasteiger partial charge on any atom is -0.467 e. The lowest BCUT2D eigenvalue weighted by molar-refractivity contribution is -0.161. The molecule has 1 aromatic heterocycles. The Labute approximate surface area is 100 Å². The van der Waals surface area contributed by atoms with Crippen LogP contribution in [0.5, 0.6) is 0 Å². The summed E-state index contributed by atoms with van der Waals surface area (Å²) in [6.45, 7) is 1.05. The van der Waals surface area contributed by atoms with E-state index in [1.54, 1.807) is 0 Å². The summed E-state index contributed by atoms with van der Waals surface area (Å²) in [6, 6.07) is 0. The predicted octanol–water partition coefficient (Wildman–Crippen LogP) is -0.0702. The first kappa shape index (κ1) is 12.9. The number of esters is 1. The lowest BCUT2D eigenvalue weighted by atomic mass is 10.1. The maximum atomic E-state index is 11.6. The molecule has 16 heavy (non-hydrogen) atoms. The van der Waals surface area contributed by atoms with E-state index in [4.69, 9.17) is 0 Å². The van der Waals surface area contributed by atoms with Gasteiger partial charge in [0, 0.05) is 6.20 Å². The standard InChI is InChI=1S/C9H11BrN2O4/c1-9(15,8(14)16-2)4-12-5-11-3-6(10)7(12)13/h3,5,15H,4H2,1-2H3. The zero-order valence-electron chi connectivity index (χ0n) is 8.81. The molecule has 1 rings (SSSR count). The van der Waals surface area contributed by atoms with Gasteiger partial charge in [-0.15, -0.1) is 0 Å². The van der Waals surface area contributed by atoms with E-state index in [0.717, 1.165) is 4.57 Å². The van der Waals surface area contributed by atoms with Gasteiger partial charge in [-0.3, -0.25) is 9.36 Å². The molecule has 0 spiro atoms. The summed E-state index contributed by atoms with van der Waals surface area (Å²) in [5, 5.41) is 9.77. The molecule has 0 bridgehead atoms. The van der Waals surface area contributed by atoms with E-state index < -0.39 is 11.6 Å². The van der Waals surface area contributed by atoms with Crippen LogP contribution in [0.3, 0.4) is 0 Å². The number of aliphatic hydroxyl groups is 1. The molecule has 1 aromatic rings. The Morgan fingerprint density at radius 3 is 2.94 bits per heavy atom. The van der Waals surface area contributed by atoms with E-state index in [1.807, 2.05) is 0 Å². The largest absolute Gasteiger partial charge is 0.467 e. The van der Waals surface area contributed by atoms with Gasteiger partial charge in [0.15, 0.2) is 5.60 Å². The summed E-state index contributed by atoms with van der Waals surface area (Å²) in [7, 11) is 1.17. The average molecular weight is 291 g/mol. The summed E-state index contributed by atoms with van der Waals surface area (Å²) in [4.78, 5) is 26.6. The summed E-state index contributed by atoms with van der Waals surface area (Å²) in [5.41, 5.74) is -2.14. The lowest BCUT2D eigenvalue weighted by Gasteiger charge is -2.20. The molecule has 0 aliphatic rings. The van der Waals surface area contributed by atoms with Gasteiger partial charge in [-0.25, -0.2) is 9.78 Å². The minimum absolute atomic E-state index is 0.217. The van der Waals surface area contributed by atoms with Crippen molar-refractivity contribution in [2.24, 2.45) is 0 Å². The number of rotatable bonds is 3. The van der Waals surface area contributed by atoms with Crippen molar-refractivity contribution in [3.63, 3.8) is 0 Å². The highest BCUT2D eigenvalue weighted by Gasteiger charge is 2.32. The van der Waals surface area contributed by atoms with Gasteiger partial charge in [-0.05, 0) is 22.9 Å². The van der Waals surface area contributed by atoms with Crippen LogP contribution in [-0.2, 0) is 16.1 Å². The van der Waals surface area contributed by atoms with Crippen molar-refractivity contribution < 1.29 is 14.6 Å². The fourth-order valence-corrected chi connectivity index (χ4v) is 1.50. The van der Waals surface area contributed by atoms with Crippen LogP contribution in [0, 0.1) is 0 Å². The van der Waals surface area contributed by atoms with Crippen molar-refractivity contribution in [1.29, 1.82) is 0 Å². The third kappa shape index (κ3) is 2.67. The highest BCUT2D eigenvalue weighted by Crippen LogP contribution is 2.08. The second kappa shape index (κ2) is 4.75. The van der Waals surface area contributed by atoms with Gasteiger partial charge in [0.05, 0.1) is 20.0 Å². The Balaban J connectivity index is 3.01. The van der Waals surface area contributed by atoms with Crippen molar-refractivity contribution in [2.75, 3.05) is 7.11 Å². The Hall–Kier alpha value is -1.21.